The molecule has 1 heterocycles. The van der Waals surface area contributed by atoms with Crippen LogP contribution in [0.5, 0.6) is 0 Å². The Morgan fingerprint density at radius 3 is 2.58 bits per heavy atom. The van der Waals surface area contributed by atoms with Crippen LogP contribution in [-0.4, -0.2) is 40.8 Å². The van der Waals surface area contributed by atoms with Crippen LogP contribution >= 0.6 is 0 Å². The third-order valence-corrected chi connectivity index (χ3v) is 2.85. The second-order valence-electron chi connectivity index (χ2n) is 4.12. The van der Waals surface area contributed by atoms with Gasteiger partial charge in [-0.05, 0) is 26.8 Å². The van der Waals surface area contributed by atoms with Gasteiger partial charge in [0.1, 0.15) is 17.8 Å². The van der Waals surface area contributed by atoms with Crippen LogP contribution in [0.15, 0.2) is 12.3 Å². The topological polar surface area (TPSA) is 89.0 Å². The van der Waals surface area contributed by atoms with Crippen molar-refractivity contribution in [3.8, 4) is 6.07 Å². The molecule has 1 rings (SSSR count). The van der Waals surface area contributed by atoms with Gasteiger partial charge >= 0.3 is 0 Å². The van der Waals surface area contributed by atoms with Crippen LogP contribution in [0.25, 0.3) is 0 Å². The van der Waals surface area contributed by atoms with E-state index in [9.17, 15) is 9.59 Å². The van der Waals surface area contributed by atoms with Crippen molar-refractivity contribution >= 4 is 11.8 Å². The average Bonchev–Trinajstić information content (AvgIpc) is 2.88. The average molecular weight is 262 g/mol. The van der Waals surface area contributed by atoms with Gasteiger partial charge in [0.2, 0.25) is 5.91 Å². The lowest BCUT2D eigenvalue weighted by molar-refractivity contribution is -0.132. The maximum absolute atomic E-state index is 12.0. The molecule has 0 aliphatic heterocycles. The molecule has 0 fully saturated rings. The van der Waals surface area contributed by atoms with E-state index in [0.29, 0.717) is 18.7 Å². The molecule has 0 aromatic carbocycles. The van der Waals surface area contributed by atoms with Crippen molar-refractivity contribution in [2.24, 2.45) is 0 Å². The van der Waals surface area contributed by atoms with Crippen molar-refractivity contribution in [3.63, 3.8) is 0 Å². The van der Waals surface area contributed by atoms with E-state index < -0.39 is 11.9 Å². The van der Waals surface area contributed by atoms with Gasteiger partial charge < -0.3 is 15.2 Å². The molecule has 6 nitrogen and oxygen atoms in total. The molecule has 0 bridgehead atoms. The Labute approximate surface area is 112 Å². The molecule has 1 aromatic heterocycles. The Balaban J connectivity index is 2.66. The Morgan fingerprint density at radius 1 is 1.47 bits per heavy atom. The van der Waals surface area contributed by atoms with Crippen molar-refractivity contribution in [1.82, 2.24) is 15.2 Å². The number of rotatable bonds is 5. The predicted octanol–water partition coefficient (Wildman–Crippen LogP) is 0.873. The quantitative estimate of drug-likeness (QED) is 0.825. The van der Waals surface area contributed by atoms with Gasteiger partial charge in [-0.25, -0.2) is 0 Å². The molecule has 1 atom stereocenters. The highest BCUT2D eigenvalue weighted by Gasteiger charge is 2.21. The number of carbonyl (C=O) groups excluding carboxylic acids is 2. The van der Waals surface area contributed by atoms with E-state index in [4.69, 9.17) is 5.26 Å². The molecule has 0 aliphatic rings. The van der Waals surface area contributed by atoms with Crippen molar-refractivity contribution in [1.29, 1.82) is 5.26 Å². The summed E-state index contributed by atoms with van der Waals surface area (Å²) in [6, 6.07) is 2.78. The highest BCUT2D eigenvalue weighted by atomic mass is 16.2. The van der Waals surface area contributed by atoms with Gasteiger partial charge in [-0.1, -0.05) is 0 Å². The lowest BCUT2D eigenvalue weighted by Gasteiger charge is -2.23. The SMILES string of the molecule is CCN(CC)C(=O)[C@H](C)NC(=O)c1cc(C#N)c[nH]1. The molecule has 0 spiro atoms. The fourth-order valence-electron chi connectivity index (χ4n) is 1.74. The highest BCUT2D eigenvalue weighted by Crippen LogP contribution is 2.03. The van der Waals surface area contributed by atoms with Crippen LogP contribution in [0.3, 0.4) is 0 Å². The molecule has 2 N–H and O–H groups in total. The monoisotopic (exact) mass is 262 g/mol. The number of amides is 2. The van der Waals surface area contributed by atoms with Gasteiger partial charge in [-0.15, -0.1) is 0 Å². The van der Waals surface area contributed by atoms with Gasteiger partial charge in [-0.3, -0.25) is 9.59 Å². The summed E-state index contributed by atoms with van der Waals surface area (Å²) in [6.07, 6.45) is 1.45. The van der Waals surface area contributed by atoms with Gasteiger partial charge in [0.15, 0.2) is 0 Å². The first-order chi connectivity index (χ1) is 9.03. The largest absolute Gasteiger partial charge is 0.356 e. The van der Waals surface area contributed by atoms with Crippen molar-refractivity contribution in [2.75, 3.05) is 13.1 Å². The van der Waals surface area contributed by atoms with E-state index in [-0.39, 0.29) is 11.6 Å². The molecule has 102 valence electrons. The van der Waals surface area contributed by atoms with Crippen molar-refractivity contribution in [2.45, 2.75) is 26.8 Å². The number of carbonyl (C=O) groups is 2. The molecule has 1 aromatic rings. The van der Waals surface area contributed by atoms with Crippen LogP contribution in [-0.2, 0) is 4.79 Å². The lowest BCUT2D eigenvalue weighted by atomic mass is 10.2. The number of aromatic amines is 1. The summed E-state index contributed by atoms with van der Waals surface area (Å²) in [5.74, 6) is -0.514. The number of nitrogens with one attached hydrogen (secondary N) is 2. The van der Waals surface area contributed by atoms with Crippen LogP contribution in [0.2, 0.25) is 0 Å². The summed E-state index contributed by atoms with van der Waals surface area (Å²) in [7, 11) is 0. The molecule has 0 saturated carbocycles. The highest BCUT2D eigenvalue weighted by molar-refractivity contribution is 5.96. The van der Waals surface area contributed by atoms with Gasteiger partial charge in [0.25, 0.3) is 5.91 Å². The minimum atomic E-state index is -0.596. The smallest absolute Gasteiger partial charge is 0.268 e. The number of aromatic nitrogens is 1. The van der Waals surface area contributed by atoms with Crippen LogP contribution < -0.4 is 5.32 Å². The number of nitrogens with zero attached hydrogens (tertiary/aromatic N) is 2. The summed E-state index contributed by atoms with van der Waals surface area (Å²) in [6.45, 7) is 6.64. The number of nitriles is 1. The molecule has 2 amide bonds. The predicted molar refractivity (Wildman–Crippen MR) is 70.4 cm³/mol. The third kappa shape index (κ3) is 3.58. The summed E-state index contributed by atoms with van der Waals surface area (Å²) >= 11 is 0. The summed E-state index contributed by atoms with van der Waals surface area (Å²) in [5, 5.41) is 11.3. The first kappa shape index (κ1) is 14.8. The Bertz CT molecular complexity index is 497. The minimum Gasteiger partial charge on any atom is -0.356 e. The molecule has 19 heavy (non-hydrogen) atoms. The molecule has 0 saturated heterocycles. The molecule has 0 aliphatic carbocycles. The summed E-state index contributed by atoms with van der Waals surface area (Å²) in [4.78, 5) is 28.2. The summed E-state index contributed by atoms with van der Waals surface area (Å²) < 4.78 is 0. The second-order valence-corrected chi connectivity index (χ2v) is 4.12. The number of hydrogen-bond acceptors (Lipinski definition) is 3. The molecular formula is C13H18N4O2. The van der Waals surface area contributed by atoms with Crippen molar-refractivity contribution in [3.05, 3.63) is 23.5 Å². The van der Waals surface area contributed by atoms with E-state index in [1.165, 1.54) is 12.3 Å². The number of H-pyrrole nitrogens is 1. The first-order valence-corrected chi connectivity index (χ1v) is 6.21. The van der Waals surface area contributed by atoms with E-state index in [0.717, 1.165) is 0 Å². The molecule has 0 radical (unpaired) electrons. The normalized spacial score (nSPS) is 11.5. The Morgan fingerprint density at radius 2 is 2.11 bits per heavy atom. The third-order valence-electron chi connectivity index (χ3n) is 2.85. The number of hydrogen-bond donors (Lipinski definition) is 2. The number of likely N-dealkylation sites (N-methyl/N-ethyl adjacent to an activating group) is 1. The van der Waals surface area contributed by atoms with E-state index in [2.05, 4.69) is 10.3 Å². The van der Waals surface area contributed by atoms with E-state index in [1.807, 2.05) is 19.9 Å². The first-order valence-electron chi connectivity index (χ1n) is 6.21. The van der Waals surface area contributed by atoms with Gasteiger partial charge in [0, 0.05) is 19.3 Å². The summed E-state index contributed by atoms with van der Waals surface area (Å²) in [5.41, 5.74) is 0.656. The van der Waals surface area contributed by atoms with Crippen LogP contribution in [0.4, 0.5) is 0 Å². The fourth-order valence-corrected chi connectivity index (χ4v) is 1.74. The zero-order valence-electron chi connectivity index (χ0n) is 11.4. The maximum atomic E-state index is 12.0. The lowest BCUT2D eigenvalue weighted by Crippen LogP contribution is -2.46. The maximum Gasteiger partial charge on any atom is 0.268 e. The second kappa shape index (κ2) is 6.59. The Hall–Kier alpha value is -2.29. The molecule has 0 unspecified atom stereocenters. The zero-order valence-corrected chi connectivity index (χ0v) is 11.4. The van der Waals surface area contributed by atoms with Gasteiger partial charge in [-0.2, -0.15) is 5.26 Å². The molecule has 6 heteroatoms. The van der Waals surface area contributed by atoms with E-state index in [1.54, 1.807) is 11.8 Å². The minimum absolute atomic E-state index is 0.120. The fraction of sp³-hybridized carbons (Fsp3) is 0.462. The molecular weight excluding hydrogens is 244 g/mol. The Kier molecular flexibility index (Phi) is 5.12. The van der Waals surface area contributed by atoms with Crippen LogP contribution in [0, 0.1) is 11.3 Å². The van der Waals surface area contributed by atoms with Gasteiger partial charge in [0.05, 0.1) is 5.56 Å². The van der Waals surface area contributed by atoms with Crippen LogP contribution in [0.1, 0.15) is 36.8 Å². The van der Waals surface area contributed by atoms with Crippen molar-refractivity contribution < 1.29 is 9.59 Å². The zero-order chi connectivity index (χ0) is 14.4. The standard InChI is InChI=1S/C13H18N4O2/c1-4-17(5-2)13(19)9(3)16-12(18)11-6-10(7-14)8-15-11/h6,8-9,15H,4-5H2,1-3H3,(H,16,18)/t9-/m0/s1. The van der Waals surface area contributed by atoms with E-state index >= 15 is 0 Å².